The zero-order valence-corrected chi connectivity index (χ0v) is 9.39. The van der Waals surface area contributed by atoms with Crippen molar-refractivity contribution < 1.29 is 9.53 Å². The van der Waals surface area contributed by atoms with E-state index in [2.05, 4.69) is 0 Å². The van der Waals surface area contributed by atoms with Crippen molar-refractivity contribution in [3.63, 3.8) is 0 Å². The lowest BCUT2D eigenvalue weighted by Gasteiger charge is -2.12. The summed E-state index contributed by atoms with van der Waals surface area (Å²) in [7, 11) is 0. The Labute approximate surface area is 92.8 Å². The van der Waals surface area contributed by atoms with Crippen molar-refractivity contribution in [2.45, 2.75) is 20.0 Å². The Balaban J connectivity index is 2.82. The van der Waals surface area contributed by atoms with Crippen molar-refractivity contribution in [2.75, 3.05) is 0 Å². The summed E-state index contributed by atoms with van der Waals surface area (Å²) in [5.41, 5.74) is 0. The smallest absolute Gasteiger partial charge is 0.169 e. The first-order valence-electron chi connectivity index (χ1n) is 4.13. The summed E-state index contributed by atoms with van der Waals surface area (Å²) in [5.74, 6) is 0.426. The van der Waals surface area contributed by atoms with Crippen LogP contribution in [0.5, 0.6) is 5.75 Å². The maximum atomic E-state index is 10.9. The van der Waals surface area contributed by atoms with Gasteiger partial charge in [-0.15, -0.1) is 0 Å². The molecule has 0 aliphatic heterocycles. The van der Waals surface area contributed by atoms with Gasteiger partial charge in [0.05, 0.1) is 5.02 Å². The molecule has 0 unspecified atom stereocenters. The van der Waals surface area contributed by atoms with Crippen LogP contribution < -0.4 is 4.74 Å². The Hall–Kier alpha value is -0.730. The van der Waals surface area contributed by atoms with Gasteiger partial charge in [-0.25, -0.2) is 0 Å². The van der Waals surface area contributed by atoms with Crippen LogP contribution in [0.3, 0.4) is 0 Å². The Kier molecular flexibility index (Phi) is 3.78. The van der Waals surface area contributed by atoms with E-state index < -0.39 is 6.10 Å². The van der Waals surface area contributed by atoms with Crippen LogP contribution in [0.4, 0.5) is 0 Å². The number of hydrogen-bond donors (Lipinski definition) is 0. The molecule has 0 bridgehead atoms. The summed E-state index contributed by atoms with van der Waals surface area (Å²) in [6.07, 6.45) is -0.492. The molecule has 1 rings (SSSR count). The van der Waals surface area contributed by atoms with Crippen molar-refractivity contribution in [1.82, 2.24) is 0 Å². The van der Waals surface area contributed by atoms with Crippen LogP contribution in [0, 0.1) is 0 Å². The molecule has 1 aromatic carbocycles. The number of Topliss-reactive ketones (excluding diaryl/α,β-unsaturated/α-hetero) is 1. The second-order valence-electron chi connectivity index (χ2n) is 2.95. The topological polar surface area (TPSA) is 26.3 Å². The quantitative estimate of drug-likeness (QED) is 0.800. The fourth-order valence-electron chi connectivity index (χ4n) is 0.844. The number of ether oxygens (including phenoxy) is 1. The van der Waals surface area contributed by atoms with Crippen LogP contribution in [0.15, 0.2) is 18.2 Å². The lowest BCUT2D eigenvalue weighted by molar-refractivity contribution is -0.122. The van der Waals surface area contributed by atoms with Gasteiger partial charge in [0.1, 0.15) is 5.75 Å². The van der Waals surface area contributed by atoms with Crippen LogP contribution in [0.1, 0.15) is 13.8 Å². The second-order valence-corrected chi connectivity index (χ2v) is 3.79. The van der Waals surface area contributed by atoms with E-state index in [0.717, 1.165) is 0 Å². The third-order valence-electron chi connectivity index (χ3n) is 1.77. The molecule has 0 heterocycles. The Morgan fingerprint density at radius 2 is 2.07 bits per heavy atom. The van der Waals surface area contributed by atoms with Crippen molar-refractivity contribution in [2.24, 2.45) is 0 Å². The molecule has 0 N–H and O–H groups in total. The molecule has 0 spiro atoms. The van der Waals surface area contributed by atoms with Crippen LogP contribution >= 0.6 is 23.2 Å². The largest absolute Gasteiger partial charge is 0.481 e. The number of carbonyl (C=O) groups is 1. The van der Waals surface area contributed by atoms with Gasteiger partial charge in [-0.1, -0.05) is 23.2 Å². The molecule has 1 atom stereocenters. The van der Waals surface area contributed by atoms with E-state index in [-0.39, 0.29) is 5.78 Å². The Morgan fingerprint density at radius 1 is 1.43 bits per heavy atom. The van der Waals surface area contributed by atoms with Crippen molar-refractivity contribution >= 4 is 29.0 Å². The third kappa shape index (κ3) is 2.89. The zero-order valence-electron chi connectivity index (χ0n) is 7.88. The zero-order chi connectivity index (χ0) is 10.7. The Morgan fingerprint density at radius 3 is 2.57 bits per heavy atom. The van der Waals surface area contributed by atoms with Crippen LogP contribution in [-0.2, 0) is 4.79 Å². The van der Waals surface area contributed by atoms with Crippen molar-refractivity contribution in [3.05, 3.63) is 28.2 Å². The van der Waals surface area contributed by atoms with Gasteiger partial charge in [-0.2, -0.15) is 0 Å². The van der Waals surface area contributed by atoms with Gasteiger partial charge in [0.15, 0.2) is 11.9 Å². The molecule has 14 heavy (non-hydrogen) atoms. The van der Waals surface area contributed by atoms with Gasteiger partial charge < -0.3 is 4.74 Å². The fourth-order valence-corrected chi connectivity index (χ4v) is 1.30. The van der Waals surface area contributed by atoms with Crippen LogP contribution in [0.2, 0.25) is 10.0 Å². The number of hydrogen-bond acceptors (Lipinski definition) is 2. The standard InChI is InChI=1S/C10H10Cl2O2/c1-6(13)7(2)14-10-4-3-8(11)5-9(10)12/h3-5,7H,1-2H3/t7-/m0/s1. The molecule has 1 aromatic rings. The fraction of sp³-hybridized carbons (Fsp3) is 0.300. The minimum Gasteiger partial charge on any atom is -0.481 e. The molecule has 0 aromatic heterocycles. The van der Waals surface area contributed by atoms with E-state index in [1.807, 2.05) is 0 Å². The highest BCUT2D eigenvalue weighted by Gasteiger charge is 2.11. The van der Waals surface area contributed by atoms with Crippen molar-refractivity contribution in [3.8, 4) is 5.75 Å². The number of rotatable bonds is 3. The minimum atomic E-state index is -0.492. The van der Waals surface area contributed by atoms with Gasteiger partial charge in [0, 0.05) is 5.02 Å². The van der Waals surface area contributed by atoms with Gasteiger partial charge in [0.2, 0.25) is 0 Å². The maximum absolute atomic E-state index is 10.9. The molecule has 0 aliphatic rings. The number of ketones is 1. The van der Waals surface area contributed by atoms with Crippen LogP contribution in [-0.4, -0.2) is 11.9 Å². The summed E-state index contributed by atoms with van der Waals surface area (Å²) in [6, 6.07) is 4.88. The molecule has 0 radical (unpaired) electrons. The van der Waals surface area contributed by atoms with Crippen molar-refractivity contribution in [1.29, 1.82) is 0 Å². The summed E-state index contributed by atoms with van der Waals surface area (Å²) in [4.78, 5) is 10.9. The van der Waals surface area contributed by atoms with E-state index in [4.69, 9.17) is 27.9 Å². The van der Waals surface area contributed by atoms with E-state index in [9.17, 15) is 4.79 Å². The van der Waals surface area contributed by atoms with Gasteiger partial charge in [0.25, 0.3) is 0 Å². The first-order valence-corrected chi connectivity index (χ1v) is 4.88. The van der Waals surface area contributed by atoms with Gasteiger partial charge >= 0.3 is 0 Å². The lowest BCUT2D eigenvalue weighted by atomic mass is 10.3. The molecular formula is C10H10Cl2O2. The first-order chi connectivity index (χ1) is 6.50. The van der Waals surface area contributed by atoms with Gasteiger partial charge in [-0.3, -0.25) is 4.79 Å². The highest BCUT2D eigenvalue weighted by atomic mass is 35.5. The van der Waals surface area contributed by atoms with E-state index in [1.54, 1.807) is 25.1 Å². The molecule has 0 saturated carbocycles. The Bertz CT molecular complexity index is 350. The molecule has 2 nitrogen and oxygen atoms in total. The molecule has 4 heteroatoms. The predicted octanol–water partition coefficient (Wildman–Crippen LogP) is 3.35. The molecule has 76 valence electrons. The minimum absolute atomic E-state index is 0.0454. The molecule has 0 fully saturated rings. The first kappa shape index (κ1) is 11.3. The number of halogens is 2. The maximum Gasteiger partial charge on any atom is 0.169 e. The average molecular weight is 233 g/mol. The number of carbonyl (C=O) groups excluding carboxylic acids is 1. The molecule has 0 amide bonds. The monoisotopic (exact) mass is 232 g/mol. The van der Waals surface area contributed by atoms with E-state index in [0.29, 0.717) is 15.8 Å². The normalized spacial score (nSPS) is 12.3. The molecule has 0 aliphatic carbocycles. The molecule has 0 saturated heterocycles. The average Bonchev–Trinajstić information content (AvgIpc) is 2.09. The second kappa shape index (κ2) is 4.67. The van der Waals surface area contributed by atoms with E-state index >= 15 is 0 Å². The summed E-state index contributed by atoms with van der Waals surface area (Å²) in [5, 5.41) is 0.948. The third-order valence-corrected chi connectivity index (χ3v) is 2.30. The summed E-state index contributed by atoms with van der Waals surface area (Å²) < 4.78 is 5.32. The lowest BCUT2D eigenvalue weighted by Crippen LogP contribution is -2.20. The van der Waals surface area contributed by atoms with Gasteiger partial charge in [-0.05, 0) is 32.0 Å². The van der Waals surface area contributed by atoms with E-state index in [1.165, 1.54) is 6.92 Å². The molecular weight excluding hydrogens is 223 g/mol. The highest BCUT2D eigenvalue weighted by Crippen LogP contribution is 2.28. The highest BCUT2D eigenvalue weighted by molar-refractivity contribution is 6.35. The summed E-state index contributed by atoms with van der Waals surface area (Å²) in [6.45, 7) is 3.14. The number of benzene rings is 1. The summed E-state index contributed by atoms with van der Waals surface area (Å²) >= 11 is 11.6. The van der Waals surface area contributed by atoms with Crippen LogP contribution in [0.25, 0.3) is 0 Å². The SMILES string of the molecule is CC(=O)[C@H](C)Oc1ccc(Cl)cc1Cl. The predicted molar refractivity (Wildman–Crippen MR) is 57.2 cm³/mol.